The van der Waals surface area contributed by atoms with Crippen molar-refractivity contribution in [2.45, 2.75) is 49.9 Å². The number of rotatable bonds is 5. The van der Waals surface area contributed by atoms with Crippen molar-refractivity contribution >= 4 is 35.2 Å². The number of likely N-dealkylation sites (N-methyl/N-ethyl adjacent to an activating group) is 1. The number of aliphatic hydroxyl groups excluding tert-OH is 1. The molecule has 1 aliphatic carbocycles. The Labute approximate surface area is 247 Å². The van der Waals surface area contributed by atoms with Gasteiger partial charge in [0.2, 0.25) is 5.91 Å². The number of ether oxygens (including phenoxy) is 2. The fourth-order valence-electron chi connectivity index (χ4n) is 7.04. The maximum Gasteiger partial charge on any atom is 0.416 e. The predicted molar refractivity (Wildman–Crippen MR) is 151 cm³/mol. The van der Waals surface area contributed by atoms with Crippen molar-refractivity contribution in [3.8, 4) is 5.88 Å². The van der Waals surface area contributed by atoms with E-state index in [1.54, 1.807) is 7.05 Å². The van der Waals surface area contributed by atoms with Gasteiger partial charge in [0, 0.05) is 44.7 Å². The Kier molecular flexibility index (Phi) is 6.94. The van der Waals surface area contributed by atoms with Crippen molar-refractivity contribution in [1.82, 2.24) is 19.8 Å². The first-order chi connectivity index (χ1) is 20.6. The highest BCUT2D eigenvalue weighted by molar-refractivity contribution is 5.95. The van der Waals surface area contributed by atoms with Gasteiger partial charge in [0.15, 0.2) is 18.2 Å². The Morgan fingerprint density at radius 3 is 2.84 bits per heavy atom. The fraction of sp³-hybridized carbons (Fsp3) is 0.552. The molecule has 3 N–H and O–H groups in total. The summed E-state index contributed by atoms with van der Waals surface area (Å²) in [5.41, 5.74) is 1.44. The van der Waals surface area contributed by atoms with Gasteiger partial charge in [0.1, 0.15) is 11.4 Å². The van der Waals surface area contributed by atoms with Crippen LogP contribution in [0.15, 0.2) is 18.3 Å². The van der Waals surface area contributed by atoms with Gasteiger partial charge in [-0.2, -0.15) is 0 Å². The summed E-state index contributed by atoms with van der Waals surface area (Å²) in [7, 11) is 1.80. The Hall–Kier alpha value is -3.88. The third kappa shape index (κ3) is 5.38. The molecule has 13 nitrogen and oxygen atoms in total. The van der Waals surface area contributed by atoms with Crippen LogP contribution in [0.1, 0.15) is 30.4 Å². The van der Waals surface area contributed by atoms with Crippen LogP contribution in [0.2, 0.25) is 0 Å². The van der Waals surface area contributed by atoms with Crippen LogP contribution < -0.4 is 20.3 Å². The summed E-state index contributed by atoms with van der Waals surface area (Å²) < 4.78 is 26.2. The van der Waals surface area contributed by atoms with E-state index in [9.17, 15) is 19.5 Å². The van der Waals surface area contributed by atoms with Gasteiger partial charge < -0.3 is 30.1 Å². The summed E-state index contributed by atoms with van der Waals surface area (Å²) in [5, 5.41) is 15.3. The molecule has 2 aromatic rings. The van der Waals surface area contributed by atoms with Crippen LogP contribution in [0.5, 0.6) is 5.88 Å². The molecule has 1 aromatic carbocycles. The number of halogens is 1. The third-order valence-electron chi connectivity index (χ3n) is 9.24. The number of nitrogens with one attached hydrogen (secondary N) is 2. The quantitative estimate of drug-likeness (QED) is 0.460. The lowest BCUT2D eigenvalue weighted by Gasteiger charge is -2.38. The summed E-state index contributed by atoms with van der Waals surface area (Å²) in [6.45, 7) is 2.92. The Morgan fingerprint density at radius 1 is 1.26 bits per heavy atom. The first-order valence-electron chi connectivity index (χ1n) is 14.7. The Bertz CT molecular complexity index is 1480. The Balaban J connectivity index is 0.939. The van der Waals surface area contributed by atoms with Gasteiger partial charge in [-0.05, 0) is 55.5 Å². The smallest absolute Gasteiger partial charge is 0.416 e. The van der Waals surface area contributed by atoms with Crippen molar-refractivity contribution in [3.05, 3.63) is 35.3 Å². The molecular weight excluding hydrogens is 561 g/mol. The van der Waals surface area contributed by atoms with E-state index in [1.807, 2.05) is 11.0 Å². The standard InChI is InChI=1S/C29H34FN7O6/c1-35-13-19(38)10-22(35)26(40)32-18-8-17-6-16(7-20(17)21(30)9-18)12-36-4-2-29(3-5-36)15-37(28(41)43-29)23-11-31-27-25(33-23)34-24(39)14-42-27/h8-9,11,16,19,22,38H,2-7,10,12-15H2,1H3,(H,32,40)(H,33,34,39). The number of benzene rings is 1. The van der Waals surface area contributed by atoms with Gasteiger partial charge >= 0.3 is 6.09 Å². The highest BCUT2D eigenvalue weighted by Crippen LogP contribution is 2.38. The first-order valence-corrected chi connectivity index (χ1v) is 14.7. The van der Waals surface area contributed by atoms with Crippen LogP contribution in [-0.2, 0) is 27.2 Å². The second-order valence-corrected chi connectivity index (χ2v) is 12.4. The summed E-state index contributed by atoms with van der Waals surface area (Å²) in [4.78, 5) is 51.4. The second kappa shape index (κ2) is 10.7. The van der Waals surface area contributed by atoms with Crippen LogP contribution in [-0.4, -0.2) is 107 Å². The lowest BCUT2D eigenvalue weighted by molar-refractivity contribution is -0.120. The number of hydrogen-bond acceptors (Lipinski definition) is 10. The van der Waals surface area contributed by atoms with Crippen molar-refractivity contribution in [2.24, 2.45) is 5.92 Å². The summed E-state index contributed by atoms with van der Waals surface area (Å²) >= 11 is 0. The summed E-state index contributed by atoms with van der Waals surface area (Å²) in [5.74, 6) is 0.0619. The number of aliphatic hydroxyl groups is 1. The van der Waals surface area contributed by atoms with E-state index < -0.39 is 23.8 Å². The molecule has 43 heavy (non-hydrogen) atoms. The fourth-order valence-corrected chi connectivity index (χ4v) is 7.04. The number of amides is 3. The topological polar surface area (TPSA) is 149 Å². The minimum absolute atomic E-state index is 0.127. The monoisotopic (exact) mass is 595 g/mol. The Morgan fingerprint density at radius 2 is 2.07 bits per heavy atom. The summed E-state index contributed by atoms with van der Waals surface area (Å²) in [6, 6.07) is 2.83. The van der Waals surface area contributed by atoms with E-state index in [0.717, 1.165) is 31.6 Å². The van der Waals surface area contributed by atoms with Crippen LogP contribution in [0.4, 0.5) is 26.5 Å². The minimum Gasteiger partial charge on any atom is -0.465 e. The number of aromatic nitrogens is 2. The SMILES string of the molecule is CN1CC(O)CC1C(=O)Nc1cc(F)c2c(c1)CC(CN1CCC3(CC1)CN(c1cnc4c(n1)NC(=O)CO4)C(=O)O3)C2. The van der Waals surface area contributed by atoms with E-state index in [4.69, 9.17) is 9.47 Å². The van der Waals surface area contributed by atoms with E-state index in [0.29, 0.717) is 55.8 Å². The van der Waals surface area contributed by atoms with Crippen LogP contribution in [0.3, 0.4) is 0 Å². The minimum atomic E-state index is -0.633. The zero-order valence-electron chi connectivity index (χ0n) is 23.8. The van der Waals surface area contributed by atoms with Crippen LogP contribution >= 0.6 is 0 Å². The molecule has 5 heterocycles. The van der Waals surface area contributed by atoms with Crippen molar-refractivity contribution in [3.63, 3.8) is 0 Å². The molecule has 3 fully saturated rings. The third-order valence-corrected chi connectivity index (χ3v) is 9.24. The predicted octanol–water partition coefficient (Wildman–Crippen LogP) is 1.16. The number of carbonyl (C=O) groups is 3. The molecule has 3 atom stereocenters. The average molecular weight is 596 g/mol. The van der Waals surface area contributed by atoms with E-state index >= 15 is 4.39 Å². The molecule has 228 valence electrons. The number of nitrogens with zero attached hydrogens (tertiary/aromatic N) is 5. The maximum absolute atomic E-state index is 15.1. The molecule has 3 unspecified atom stereocenters. The number of carbonyl (C=O) groups excluding carboxylic acids is 3. The number of anilines is 3. The highest BCUT2D eigenvalue weighted by atomic mass is 19.1. The molecule has 4 aliphatic heterocycles. The van der Waals surface area contributed by atoms with Crippen LogP contribution in [0, 0.1) is 11.7 Å². The lowest BCUT2D eigenvalue weighted by Crippen LogP contribution is -2.48. The molecular formula is C29H34FN7O6. The maximum atomic E-state index is 15.1. The molecule has 0 saturated carbocycles. The number of likely N-dealkylation sites (tertiary alicyclic amines) is 2. The second-order valence-electron chi connectivity index (χ2n) is 12.4. The number of hydrogen-bond donors (Lipinski definition) is 3. The van der Waals surface area contributed by atoms with Crippen LogP contribution in [0.25, 0.3) is 0 Å². The summed E-state index contributed by atoms with van der Waals surface area (Å²) in [6.07, 6.45) is 3.44. The van der Waals surface area contributed by atoms with Gasteiger partial charge in [0.05, 0.1) is 24.9 Å². The zero-order valence-corrected chi connectivity index (χ0v) is 23.8. The van der Waals surface area contributed by atoms with Gasteiger partial charge in [-0.25, -0.2) is 19.2 Å². The van der Waals surface area contributed by atoms with Gasteiger partial charge in [-0.3, -0.25) is 19.4 Å². The highest BCUT2D eigenvalue weighted by Gasteiger charge is 2.48. The first kappa shape index (κ1) is 27.9. The van der Waals surface area contributed by atoms with E-state index in [-0.39, 0.29) is 41.9 Å². The molecule has 0 bridgehead atoms. The van der Waals surface area contributed by atoms with Gasteiger partial charge in [-0.15, -0.1) is 0 Å². The van der Waals surface area contributed by atoms with Crippen molar-refractivity contribution < 1.29 is 33.4 Å². The largest absolute Gasteiger partial charge is 0.465 e. The average Bonchev–Trinajstić information content (AvgIpc) is 3.63. The van der Waals surface area contributed by atoms with Gasteiger partial charge in [-0.1, -0.05) is 0 Å². The number of piperidine rings is 1. The molecule has 3 saturated heterocycles. The zero-order chi connectivity index (χ0) is 29.9. The van der Waals surface area contributed by atoms with Gasteiger partial charge in [0.25, 0.3) is 11.8 Å². The number of β-amino-alcohol motifs (C(OH)–C–C–N with tert-alkyl or cyclic N) is 1. The van der Waals surface area contributed by atoms with E-state index in [2.05, 4.69) is 25.5 Å². The molecule has 1 spiro atoms. The molecule has 1 aromatic heterocycles. The molecule has 14 heteroatoms. The van der Waals surface area contributed by atoms with Crippen molar-refractivity contribution in [2.75, 3.05) is 61.9 Å². The van der Waals surface area contributed by atoms with E-state index in [1.165, 1.54) is 17.2 Å². The number of fused-ring (bicyclic) bond motifs is 2. The molecule has 0 radical (unpaired) electrons. The molecule has 7 rings (SSSR count). The molecule has 5 aliphatic rings. The van der Waals surface area contributed by atoms with Crippen molar-refractivity contribution in [1.29, 1.82) is 0 Å². The normalized spacial score (nSPS) is 26.6. The lowest BCUT2D eigenvalue weighted by atomic mass is 9.90. The molecule has 3 amide bonds.